The van der Waals surface area contributed by atoms with Crippen LogP contribution in [-0.4, -0.2) is 32.0 Å². The Hall–Kier alpha value is -1.26. The van der Waals surface area contributed by atoms with E-state index in [1.165, 1.54) is 0 Å². The Kier molecular flexibility index (Phi) is 6.54. The van der Waals surface area contributed by atoms with E-state index in [0.29, 0.717) is 0 Å². The van der Waals surface area contributed by atoms with Crippen LogP contribution >= 0.6 is 0 Å². The highest BCUT2D eigenvalue weighted by Gasteiger charge is 2.02. The lowest BCUT2D eigenvalue weighted by molar-refractivity contribution is 0.181. The summed E-state index contributed by atoms with van der Waals surface area (Å²) in [6.07, 6.45) is 1.58. The lowest BCUT2D eigenvalue weighted by Crippen LogP contribution is -2.16. The van der Waals surface area contributed by atoms with Crippen molar-refractivity contribution in [2.75, 3.05) is 20.8 Å². The van der Waals surface area contributed by atoms with E-state index in [4.69, 9.17) is 14.6 Å². The predicted octanol–water partition coefficient (Wildman–Crippen LogP) is 1.95. The van der Waals surface area contributed by atoms with Gasteiger partial charge in [0.2, 0.25) is 0 Å². The molecule has 1 aromatic carbocycles. The molecule has 0 aromatic heterocycles. The zero-order chi connectivity index (χ0) is 13.4. The Labute approximate surface area is 109 Å². The average molecular weight is 253 g/mol. The van der Waals surface area contributed by atoms with E-state index in [2.05, 4.69) is 5.32 Å². The van der Waals surface area contributed by atoms with Crippen LogP contribution in [0.3, 0.4) is 0 Å². The second kappa shape index (κ2) is 7.95. The highest BCUT2D eigenvalue weighted by molar-refractivity contribution is 5.38. The zero-order valence-electron chi connectivity index (χ0n) is 11.4. The minimum Gasteiger partial charge on any atom is -0.497 e. The summed E-state index contributed by atoms with van der Waals surface area (Å²) in [5, 5.41) is 12.5. The van der Waals surface area contributed by atoms with E-state index in [9.17, 15) is 0 Å². The van der Waals surface area contributed by atoms with Crippen molar-refractivity contribution >= 4 is 0 Å². The van der Waals surface area contributed by atoms with Gasteiger partial charge in [-0.1, -0.05) is 0 Å². The highest BCUT2D eigenvalue weighted by Crippen LogP contribution is 2.22. The van der Waals surface area contributed by atoms with Gasteiger partial charge in [-0.25, -0.2) is 0 Å². The molecule has 0 aliphatic carbocycles. The molecule has 0 bridgehead atoms. The largest absolute Gasteiger partial charge is 0.497 e. The van der Waals surface area contributed by atoms with Gasteiger partial charge in [-0.05, 0) is 44.0 Å². The fourth-order valence-corrected chi connectivity index (χ4v) is 1.72. The molecule has 0 spiro atoms. The lowest BCUT2D eigenvalue weighted by Gasteiger charge is -2.10. The molecule has 1 rings (SSSR count). The first-order chi connectivity index (χ1) is 8.65. The normalized spacial score (nSPS) is 12.2. The second-order valence-electron chi connectivity index (χ2n) is 4.39. The minimum atomic E-state index is -0.219. The van der Waals surface area contributed by atoms with Gasteiger partial charge in [0.1, 0.15) is 11.5 Å². The first-order valence-electron chi connectivity index (χ1n) is 6.26. The van der Waals surface area contributed by atoms with Crippen molar-refractivity contribution in [2.45, 2.75) is 32.4 Å². The summed E-state index contributed by atoms with van der Waals surface area (Å²) in [4.78, 5) is 0. The second-order valence-corrected chi connectivity index (χ2v) is 4.39. The van der Waals surface area contributed by atoms with Gasteiger partial charge >= 0.3 is 0 Å². The molecule has 18 heavy (non-hydrogen) atoms. The maximum atomic E-state index is 9.14. The van der Waals surface area contributed by atoms with Gasteiger partial charge in [0, 0.05) is 12.6 Å². The summed E-state index contributed by atoms with van der Waals surface area (Å²) in [7, 11) is 3.29. The summed E-state index contributed by atoms with van der Waals surface area (Å²) in [6, 6.07) is 5.84. The zero-order valence-corrected chi connectivity index (χ0v) is 11.4. The highest BCUT2D eigenvalue weighted by atomic mass is 16.5. The Bertz CT molecular complexity index is 331. The van der Waals surface area contributed by atoms with Crippen molar-refractivity contribution in [1.82, 2.24) is 5.32 Å². The molecule has 4 heteroatoms. The van der Waals surface area contributed by atoms with Crippen molar-refractivity contribution in [1.29, 1.82) is 0 Å². The Morgan fingerprint density at radius 1 is 1.17 bits per heavy atom. The summed E-state index contributed by atoms with van der Waals surface area (Å²) in [5.41, 5.74) is 1.13. The van der Waals surface area contributed by atoms with Crippen LogP contribution in [0.1, 0.15) is 25.3 Å². The van der Waals surface area contributed by atoms with Gasteiger partial charge in [0.25, 0.3) is 0 Å². The minimum absolute atomic E-state index is 0.219. The van der Waals surface area contributed by atoms with Crippen LogP contribution in [0.2, 0.25) is 0 Å². The van der Waals surface area contributed by atoms with Gasteiger partial charge < -0.3 is 19.9 Å². The van der Waals surface area contributed by atoms with Gasteiger partial charge in [-0.3, -0.25) is 0 Å². The van der Waals surface area contributed by atoms with Crippen molar-refractivity contribution in [2.24, 2.45) is 0 Å². The molecule has 2 N–H and O–H groups in total. The third kappa shape index (κ3) is 5.38. The monoisotopic (exact) mass is 253 g/mol. The smallest absolute Gasteiger partial charge is 0.122 e. The molecule has 4 nitrogen and oxygen atoms in total. The van der Waals surface area contributed by atoms with Gasteiger partial charge in [0.15, 0.2) is 0 Å². The molecule has 1 atom stereocenters. The summed E-state index contributed by atoms with van der Waals surface area (Å²) >= 11 is 0. The van der Waals surface area contributed by atoms with Crippen LogP contribution < -0.4 is 14.8 Å². The molecular formula is C14H23NO3. The number of aliphatic hydroxyl groups excluding tert-OH is 1. The van der Waals surface area contributed by atoms with Crippen molar-refractivity contribution in [3.63, 3.8) is 0 Å². The Balaban J connectivity index is 2.41. The standard InChI is InChI=1S/C14H23NO3/c1-11(16)5-4-6-15-10-12-7-13(17-2)9-14(8-12)18-3/h7-9,11,15-16H,4-6,10H2,1-3H3. The first-order valence-corrected chi connectivity index (χ1v) is 6.26. The lowest BCUT2D eigenvalue weighted by atomic mass is 10.2. The quantitative estimate of drug-likeness (QED) is 0.695. The van der Waals surface area contributed by atoms with Crippen LogP contribution in [0.15, 0.2) is 18.2 Å². The number of rotatable bonds is 8. The maximum Gasteiger partial charge on any atom is 0.122 e. The Morgan fingerprint density at radius 3 is 2.28 bits per heavy atom. The molecule has 0 aliphatic rings. The van der Waals surface area contributed by atoms with E-state index >= 15 is 0 Å². The Morgan fingerprint density at radius 2 is 1.78 bits per heavy atom. The summed E-state index contributed by atoms with van der Waals surface area (Å²) in [6.45, 7) is 3.48. The molecule has 0 radical (unpaired) electrons. The van der Waals surface area contributed by atoms with E-state index in [1.54, 1.807) is 14.2 Å². The third-order valence-electron chi connectivity index (χ3n) is 2.72. The van der Waals surface area contributed by atoms with Crippen molar-refractivity contribution in [3.8, 4) is 11.5 Å². The van der Waals surface area contributed by atoms with E-state index in [0.717, 1.165) is 43.0 Å². The van der Waals surface area contributed by atoms with Crippen molar-refractivity contribution in [3.05, 3.63) is 23.8 Å². The molecule has 0 amide bonds. The number of ether oxygens (including phenoxy) is 2. The number of benzene rings is 1. The fourth-order valence-electron chi connectivity index (χ4n) is 1.72. The maximum absolute atomic E-state index is 9.14. The predicted molar refractivity (Wildman–Crippen MR) is 72.2 cm³/mol. The van der Waals surface area contributed by atoms with Crippen LogP contribution in [0.25, 0.3) is 0 Å². The first kappa shape index (κ1) is 14.8. The van der Waals surface area contributed by atoms with E-state index < -0.39 is 0 Å². The van der Waals surface area contributed by atoms with Crippen molar-refractivity contribution < 1.29 is 14.6 Å². The third-order valence-corrected chi connectivity index (χ3v) is 2.72. The molecule has 0 fully saturated rings. The molecule has 0 aliphatic heterocycles. The molecule has 1 unspecified atom stereocenters. The van der Waals surface area contributed by atoms with E-state index in [-0.39, 0.29) is 6.10 Å². The fraction of sp³-hybridized carbons (Fsp3) is 0.571. The number of nitrogens with one attached hydrogen (secondary N) is 1. The number of hydrogen-bond donors (Lipinski definition) is 2. The van der Waals surface area contributed by atoms with Crippen LogP contribution in [0.4, 0.5) is 0 Å². The molecule has 1 aromatic rings. The molecule has 0 saturated heterocycles. The van der Waals surface area contributed by atoms with Crippen LogP contribution in [-0.2, 0) is 6.54 Å². The SMILES string of the molecule is COc1cc(CNCCCC(C)O)cc(OC)c1. The number of methoxy groups -OCH3 is 2. The summed E-state index contributed by atoms with van der Waals surface area (Å²) in [5.74, 6) is 1.60. The molecular weight excluding hydrogens is 230 g/mol. The number of hydrogen-bond acceptors (Lipinski definition) is 4. The van der Waals surface area contributed by atoms with E-state index in [1.807, 2.05) is 25.1 Å². The summed E-state index contributed by atoms with van der Waals surface area (Å²) < 4.78 is 10.4. The van der Waals surface area contributed by atoms with Gasteiger partial charge in [-0.15, -0.1) is 0 Å². The van der Waals surface area contributed by atoms with Gasteiger partial charge in [0.05, 0.1) is 20.3 Å². The molecule has 0 saturated carbocycles. The van der Waals surface area contributed by atoms with Gasteiger partial charge in [-0.2, -0.15) is 0 Å². The number of aliphatic hydroxyl groups is 1. The topological polar surface area (TPSA) is 50.7 Å². The van der Waals surface area contributed by atoms with Crippen LogP contribution in [0, 0.1) is 0 Å². The van der Waals surface area contributed by atoms with Crippen LogP contribution in [0.5, 0.6) is 11.5 Å². The molecule has 102 valence electrons. The average Bonchev–Trinajstić information content (AvgIpc) is 2.37. The molecule has 0 heterocycles.